The second kappa shape index (κ2) is 3.46. The summed E-state index contributed by atoms with van der Waals surface area (Å²) in [5, 5.41) is 3.14. The topological polar surface area (TPSA) is 47.6 Å². The minimum absolute atomic E-state index is 0.0849. The van der Waals surface area contributed by atoms with Gasteiger partial charge in [-0.2, -0.15) is 0 Å². The Morgan fingerprint density at radius 1 is 1.42 bits per heavy atom. The Balaban J connectivity index is 2.53. The molecule has 0 unspecified atom stereocenters. The largest absolute Gasteiger partial charge is 0.330 e. The Morgan fingerprint density at radius 2 is 1.92 bits per heavy atom. The molecule has 1 saturated heterocycles. The van der Waals surface area contributed by atoms with Crippen molar-refractivity contribution < 1.29 is 13.6 Å². The maximum Gasteiger partial charge on any atom is 0.330 e. The molecule has 0 aromatic carbocycles. The molecule has 1 fully saturated rings. The zero-order valence-corrected chi connectivity index (χ0v) is 8.69. The quantitative estimate of drug-likeness (QED) is 0.679. The third-order valence-electron chi connectivity index (χ3n) is 2.24. The third-order valence-corrected chi connectivity index (χ3v) is 4.50. The Labute approximate surface area is 73.2 Å². The van der Waals surface area contributed by atoms with Crippen molar-refractivity contribution in [1.82, 2.24) is 5.32 Å². The number of hydrogen-bond acceptors (Lipinski definition) is 4. The smallest absolute Gasteiger partial charge is 0.316 e. The van der Waals surface area contributed by atoms with E-state index in [-0.39, 0.29) is 5.41 Å². The zero-order chi connectivity index (χ0) is 9.24. The van der Waals surface area contributed by atoms with E-state index in [1.165, 1.54) is 14.2 Å². The highest BCUT2D eigenvalue weighted by Crippen LogP contribution is 2.51. The molecule has 0 aromatic heterocycles. The van der Waals surface area contributed by atoms with E-state index in [2.05, 4.69) is 12.2 Å². The molecule has 0 spiro atoms. The van der Waals surface area contributed by atoms with Crippen molar-refractivity contribution in [2.24, 2.45) is 5.41 Å². The lowest BCUT2D eigenvalue weighted by molar-refractivity contribution is 0.198. The first-order valence-corrected chi connectivity index (χ1v) is 5.68. The van der Waals surface area contributed by atoms with Crippen LogP contribution in [0.25, 0.3) is 0 Å². The van der Waals surface area contributed by atoms with Crippen molar-refractivity contribution in [1.29, 1.82) is 0 Å². The molecular formula is C7H16NO3P. The van der Waals surface area contributed by atoms with E-state index in [1.807, 2.05) is 0 Å². The minimum atomic E-state index is -2.81. The van der Waals surface area contributed by atoms with E-state index in [0.717, 1.165) is 13.1 Å². The molecule has 0 radical (unpaired) electrons. The van der Waals surface area contributed by atoms with Crippen LogP contribution in [-0.2, 0) is 13.6 Å². The Hall–Kier alpha value is 0.110. The van der Waals surface area contributed by atoms with Crippen molar-refractivity contribution in [2.45, 2.75) is 6.92 Å². The van der Waals surface area contributed by atoms with Crippen LogP contribution in [-0.4, -0.2) is 33.5 Å². The molecule has 1 aliphatic heterocycles. The summed E-state index contributed by atoms with van der Waals surface area (Å²) in [6.45, 7) is 3.86. The molecule has 1 rings (SSSR count). The summed E-state index contributed by atoms with van der Waals surface area (Å²) < 4.78 is 21.4. The van der Waals surface area contributed by atoms with Gasteiger partial charge < -0.3 is 14.4 Å². The highest BCUT2D eigenvalue weighted by Gasteiger charge is 2.39. The molecule has 0 bridgehead atoms. The first kappa shape index (κ1) is 10.2. The van der Waals surface area contributed by atoms with E-state index in [1.54, 1.807) is 0 Å². The normalized spacial score (nSPS) is 21.9. The Morgan fingerprint density at radius 3 is 2.17 bits per heavy atom. The van der Waals surface area contributed by atoms with Gasteiger partial charge >= 0.3 is 7.60 Å². The molecule has 72 valence electrons. The van der Waals surface area contributed by atoms with Crippen molar-refractivity contribution in [3.05, 3.63) is 0 Å². The first-order chi connectivity index (χ1) is 5.54. The summed E-state index contributed by atoms with van der Waals surface area (Å²) >= 11 is 0. The van der Waals surface area contributed by atoms with Gasteiger partial charge in [-0.15, -0.1) is 0 Å². The van der Waals surface area contributed by atoms with Gasteiger partial charge in [0.15, 0.2) is 0 Å². The van der Waals surface area contributed by atoms with Gasteiger partial charge in [0, 0.05) is 32.7 Å². The van der Waals surface area contributed by atoms with Crippen LogP contribution in [0.5, 0.6) is 0 Å². The molecule has 0 aromatic rings. The SMILES string of the molecule is COP(=O)(CC1(C)CNC1)OC. The monoisotopic (exact) mass is 193 g/mol. The summed E-state index contributed by atoms with van der Waals surface area (Å²) in [5.41, 5.74) is 0.0849. The van der Waals surface area contributed by atoms with Crippen molar-refractivity contribution in [2.75, 3.05) is 33.5 Å². The standard InChI is InChI=1S/C7H16NO3P/c1-7(4-8-5-7)6-12(9,10-2)11-3/h8H,4-6H2,1-3H3. The highest BCUT2D eigenvalue weighted by molar-refractivity contribution is 7.53. The summed E-state index contributed by atoms with van der Waals surface area (Å²) in [5.74, 6) is 0. The zero-order valence-electron chi connectivity index (χ0n) is 7.79. The summed E-state index contributed by atoms with van der Waals surface area (Å²) in [6, 6.07) is 0. The molecule has 1 heterocycles. The second-order valence-corrected chi connectivity index (χ2v) is 5.82. The van der Waals surface area contributed by atoms with E-state index in [4.69, 9.17) is 9.05 Å². The van der Waals surface area contributed by atoms with Crippen LogP contribution < -0.4 is 5.32 Å². The van der Waals surface area contributed by atoms with Crippen LogP contribution in [0.15, 0.2) is 0 Å². The highest BCUT2D eigenvalue weighted by atomic mass is 31.2. The van der Waals surface area contributed by atoms with Crippen LogP contribution in [0.4, 0.5) is 0 Å². The molecule has 12 heavy (non-hydrogen) atoms. The third kappa shape index (κ3) is 2.07. The molecule has 4 nitrogen and oxygen atoms in total. The lowest BCUT2D eigenvalue weighted by Crippen LogP contribution is -2.53. The Kier molecular flexibility index (Phi) is 2.94. The molecule has 0 saturated carbocycles. The van der Waals surface area contributed by atoms with Gasteiger partial charge in [0.05, 0.1) is 6.16 Å². The van der Waals surface area contributed by atoms with E-state index in [9.17, 15) is 4.57 Å². The summed E-state index contributed by atoms with van der Waals surface area (Å²) in [4.78, 5) is 0. The van der Waals surface area contributed by atoms with Crippen LogP contribution in [0.2, 0.25) is 0 Å². The lowest BCUT2D eigenvalue weighted by atomic mass is 9.87. The fraction of sp³-hybridized carbons (Fsp3) is 1.00. The van der Waals surface area contributed by atoms with Crippen LogP contribution in [0.1, 0.15) is 6.92 Å². The maximum absolute atomic E-state index is 11.7. The van der Waals surface area contributed by atoms with E-state index in [0.29, 0.717) is 6.16 Å². The van der Waals surface area contributed by atoms with E-state index < -0.39 is 7.60 Å². The average molecular weight is 193 g/mol. The number of rotatable bonds is 4. The fourth-order valence-corrected chi connectivity index (χ4v) is 2.90. The fourth-order valence-electron chi connectivity index (χ4n) is 1.33. The van der Waals surface area contributed by atoms with Gasteiger partial charge in [-0.1, -0.05) is 6.92 Å². The van der Waals surface area contributed by atoms with Gasteiger partial charge in [-0.3, -0.25) is 4.57 Å². The van der Waals surface area contributed by atoms with Crippen molar-refractivity contribution in [3.8, 4) is 0 Å². The summed E-state index contributed by atoms with van der Waals surface area (Å²) in [6.07, 6.45) is 0.500. The molecule has 0 atom stereocenters. The number of hydrogen-bond donors (Lipinski definition) is 1. The van der Waals surface area contributed by atoms with Crippen LogP contribution >= 0.6 is 7.60 Å². The Bertz CT molecular complexity index is 195. The molecule has 0 aliphatic carbocycles. The van der Waals surface area contributed by atoms with Crippen molar-refractivity contribution >= 4 is 7.60 Å². The number of nitrogens with one attached hydrogen (secondary N) is 1. The van der Waals surface area contributed by atoms with Crippen LogP contribution in [0.3, 0.4) is 0 Å². The lowest BCUT2D eigenvalue weighted by Gasteiger charge is -2.40. The van der Waals surface area contributed by atoms with Crippen molar-refractivity contribution in [3.63, 3.8) is 0 Å². The van der Waals surface area contributed by atoms with Gasteiger partial charge in [0.2, 0.25) is 0 Å². The molecular weight excluding hydrogens is 177 g/mol. The van der Waals surface area contributed by atoms with E-state index >= 15 is 0 Å². The molecule has 1 N–H and O–H groups in total. The predicted molar refractivity (Wildman–Crippen MR) is 47.5 cm³/mol. The summed E-state index contributed by atoms with van der Waals surface area (Å²) in [7, 11) is 0.0526. The maximum atomic E-state index is 11.7. The molecule has 1 aliphatic rings. The first-order valence-electron chi connectivity index (χ1n) is 3.95. The average Bonchev–Trinajstić information content (AvgIpc) is 2.02. The van der Waals surface area contributed by atoms with Gasteiger partial charge in [0.1, 0.15) is 0 Å². The molecule has 0 amide bonds. The van der Waals surface area contributed by atoms with Gasteiger partial charge in [0.25, 0.3) is 0 Å². The van der Waals surface area contributed by atoms with Gasteiger partial charge in [-0.25, -0.2) is 0 Å². The second-order valence-electron chi connectivity index (χ2n) is 3.55. The predicted octanol–water partition coefficient (Wildman–Crippen LogP) is 1.08. The van der Waals surface area contributed by atoms with Gasteiger partial charge in [-0.05, 0) is 0 Å². The molecule has 5 heteroatoms. The van der Waals surface area contributed by atoms with Crippen LogP contribution in [0, 0.1) is 5.41 Å². The minimum Gasteiger partial charge on any atom is -0.316 e.